The van der Waals surface area contributed by atoms with Crippen molar-refractivity contribution in [3.05, 3.63) is 47.3 Å². The molecule has 3 unspecified atom stereocenters. The Morgan fingerprint density at radius 3 is 2.56 bits per heavy atom. The van der Waals surface area contributed by atoms with E-state index < -0.39 is 10.0 Å². The van der Waals surface area contributed by atoms with Crippen LogP contribution in [-0.2, 0) is 21.2 Å². The minimum atomic E-state index is -3.55. The molecule has 2 N–H and O–H groups in total. The second kappa shape index (κ2) is 8.44. The maximum Gasteiger partial charge on any atom is 0.271 e. The number of benzene rings is 1. The zero-order chi connectivity index (χ0) is 19.4. The molecule has 1 fully saturated rings. The summed E-state index contributed by atoms with van der Waals surface area (Å²) < 4.78 is 27.3. The summed E-state index contributed by atoms with van der Waals surface area (Å²) in [7, 11) is -3.55. The lowest BCUT2D eigenvalue weighted by Crippen LogP contribution is -2.44. The quantitative estimate of drug-likeness (QED) is 0.760. The fourth-order valence-corrected chi connectivity index (χ4v) is 5.59. The van der Waals surface area contributed by atoms with Gasteiger partial charge in [0.2, 0.25) is 5.91 Å². The van der Waals surface area contributed by atoms with Gasteiger partial charge in [0.15, 0.2) is 0 Å². The highest BCUT2D eigenvalue weighted by atomic mass is 32.2. The molecule has 1 aliphatic rings. The molecular formula is C20H26N2O3S2. The van der Waals surface area contributed by atoms with Crippen LogP contribution in [0.15, 0.2) is 46.0 Å². The van der Waals surface area contributed by atoms with Crippen LogP contribution in [0.25, 0.3) is 0 Å². The van der Waals surface area contributed by atoms with Gasteiger partial charge in [-0.1, -0.05) is 44.9 Å². The lowest BCUT2D eigenvalue weighted by molar-refractivity contribution is -0.121. The zero-order valence-electron chi connectivity index (χ0n) is 15.6. The molecule has 7 heteroatoms. The highest BCUT2D eigenvalue weighted by molar-refractivity contribution is 7.94. The van der Waals surface area contributed by atoms with Gasteiger partial charge in [-0.3, -0.25) is 9.52 Å². The average molecular weight is 407 g/mol. The van der Waals surface area contributed by atoms with Crippen molar-refractivity contribution in [2.75, 3.05) is 4.72 Å². The highest BCUT2D eigenvalue weighted by Gasteiger charge is 2.28. The highest BCUT2D eigenvalue weighted by Crippen LogP contribution is 2.29. The smallest absolute Gasteiger partial charge is 0.271 e. The molecule has 0 aliphatic heterocycles. The molecule has 146 valence electrons. The molecule has 2 aromatic rings. The van der Waals surface area contributed by atoms with Crippen LogP contribution < -0.4 is 10.0 Å². The van der Waals surface area contributed by atoms with E-state index in [9.17, 15) is 13.2 Å². The molecular weight excluding hydrogens is 380 g/mol. The third kappa shape index (κ3) is 5.11. The number of hydrogen-bond acceptors (Lipinski definition) is 4. The van der Waals surface area contributed by atoms with E-state index in [4.69, 9.17) is 0 Å². The van der Waals surface area contributed by atoms with Crippen molar-refractivity contribution in [1.29, 1.82) is 0 Å². The van der Waals surface area contributed by atoms with E-state index in [1.807, 2.05) is 0 Å². The monoisotopic (exact) mass is 406 g/mol. The van der Waals surface area contributed by atoms with Gasteiger partial charge in [-0.2, -0.15) is 0 Å². The number of thiophene rings is 1. The maximum atomic E-state index is 12.4. The Kier molecular flexibility index (Phi) is 6.22. The molecule has 0 radical (unpaired) electrons. The molecule has 3 atom stereocenters. The number of rotatable bonds is 6. The first-order valence-electron chi connectivity index (χ1n) is 9.30. The summed E-state index contributed by atoms with van der Waals surface area (Å²) >= 11 is 1.17. The Labute approximate surface area is 165 Å². The fourth-order valence-electron chi connectivity index (χ4n) is 3.54. The van der Waals surface area contributed by atoms with Crippen LogP contribution in [0.2, 0.25) is 0 Å². The Balaban J connectivity index is 1.57. The lowest BCUT2D eigenvalue weighted by Gasteiger charge is -2.34. The molecule has 1 heterocycles. The van der Waals surface area contributed by atoms with E-state index in [1.54, 1.807) is 41.8 Å². The van der Waals surface area contributed by atoms with Crippen molar-refractivity contribution in [3.8, 4) is 0 Å². The van der Waals surface area contributed by atoms with Gasteiger partial charge in [-0.05, 0) is 47.4 Å². The predicted molar refractivity (Wildman–Crippen MR) is 109 cm³/mol. The van der Waals surface area contributed by atoms with Crippen LogP contribution in [0.5, 0.6) is 0 Å². The van der Waals surface area contributed by atoms with E-state index in [0.717, 1.165) is 18.4 Å². The van der Waals surface area contributed by atoms with Crippen LogP contribution in [0, 0.1) is 11.8 Å². The van der Waals surface area contributed by atoms with Crippen molar-refractivity contribution in [3.63, 3.8) is 0 Å². The molecule has 1 aromatic carbocycles. The van der Waals surface area contributed by atoms with Crippen molar-refractivity contribution >= 4 is 33.0 Å². The third-order valence-electron chi connectivity index (χ3n) is 5.38. The van der Waals surface area contributed by atoms with Crippen LogP contribution in [0.1, 0.15) is 38.7 Å². The maximum absolute atomic E-state index is 12.4. The Hall–Kier alpha value is -1.86. The van der Waals surface area contributed by atoms with E-state index in [0.29, 0.717) is 23.9 Å². The second-order valence-corrected chi connectivity index (χ2v) is 10.2. The van der Waals surface area contributed by atoms with Crippen LogP contribution in [-0.4, -0.2) is 20.4 Å². The number of anilines is 1. The largest absolute Gasteiger partial charge is 0.353 e. The van der Waals surface area contributed by atoms with Crippen LogP contribution in [0.4, 0.5) is 5.69 Å². The zero-order valence-corrected chi connectivity index (χ0v) is 17.3. The number of carbonyl (C=O) groups excluding carboxylic acids is 1. The summed E-state index contributed by atoms with van der Waals surface area (Å²) in [6.07, 6.45) is 3.74. The van der Waals surface area contributed by atoms with Crippen molar-refractivity contribution in [1.82, 2.24) is 5.32 Å². The lowest BCUT2D eigenvalue weighted by atomic mass is 9.78. The Morgan fingerprint density at radius 2 is 1.89 bits per heavy atom. The molecule has 27 heavy (non-hydrogen) atoms. The van der Waals surface area contributed by atoms with E-state index in [-0.39, 0.29) is 16.2 Å². The van der Waals surface area contributed by atoms with E-state index >= 15 is 0 Å². The summed E-state index contributed by atoms with van der Waals surface area (Å²) in [5.41, 5.74) is 1.35. The second-order valence-electron chi connectivity index (χ2n) is 7.35. The van der Waals surface area contributed by atoms with E-state index in [1.165, 1.54) is 17.8 Å². The SMILES string of the molecule is CC1CCCC(NC(=O)Cc2ccc(NS(=O)(=O)c3cccs3)cc2)C1C. The number of sulfonamides is 1. The van der Waals surface area contributed by atoms with Gasteiger partial charge < -0.3 is 5.32 Å². The third-order valence-corrected chi connectivity index (χ3v) is 8.16. The summed E-state index contributed by atoms with van der Waals surface area (Å²) in [4.78, 5) is 12.4. The van der Waals surface area contributed by atoms with E-state index in [2.05, 4.69) is 23.9 Å². The van der Waals surface area contributed by atoms with Gasteiger partial charge in [0.25, 0.3) is 10.0 Å². The molecule has 0 bridgehead atoms. The van der Waals surface area contributed by atoms with Crippen LogP contribution >= 0.6 is 11.3 Å². The molecule has 1 aromatic heterocycles. The number of carbonyl (C=O) groups is 1. The first-order chi connectivity index (χ1) is 12.8. The molecule has 1 amide bonds. The normalized spacial score (nSPS) is 23.0. The average Bonchev–Trinajstić information content (AvgIpc) is 3.16. The molecule has 1 saturated carbocycles. The minimum Gasteiger partial charge on any atom is -0.353 e. The van der Waals surface area contributed by atoms with Crippen molar-refractivity contribution in [2.45, 2.75) is 49.8 Å². The summed E-state index contributed by atoms with van der Waals surface area (Å²) in [6.45, 7) is 4.46. The molecule has 0 saturated heterocycles. The standard InChI is InChI=1S/C20H26N2O3S2/c1-14-5-3-6-18(15(14)2)21-19(23)13-16-8-10-17(11-9-16)22-27(24,25)20-7-4-12-26-20/h4,7-12,14-15,18,22H,3,5-6,13H2,1-2H3,(H,21,23). The Morgan fingerprint density at radius 1 is 1.15 bits per heavy atom. The first-order valence-corrected chi connectivity index (χ1v) is 11.7. The van der Waals surface area contributed by atoms with Gasteiger partial charge in [0.05, 0.1) is 6.42 Å². The molecule has 3 rings (SSSR count). The van der Waals surface area contributed by atoms with Gasteiger partial charge in [0.1, 0.15) is 4.21 Å². The number of amides is 1. The predicted octanol–water partition coefficient (Wildman–Crippen LogP) is 4.03. The van der Waals surface area contributed by atoms with Gasteiger partial charge in [-0.15, -0.1) is 11.3 Å². The van der Waals surface area contributed by atoms with Crippen molar-refractivity contribution in [2.24, 2.45) is 11.8 Å². The number of hydrogen-bond donors (Lipinski definition) is 2. The number of nitrogens with one attached hydrogen (secondary N) is 2. The molecule has 1 aliphatic carbocycles. The van der Waals surface area contributed by atoms with Gasteiger partial charge in [0, 0.05) is 11.7 Å². The van der Waals surface area contributed by atoms with Crippen LogP contribution in [0.3, 0.4) is 0 Å². The fraction of sp³-hybridized carbons (Fsp3) is 0.450. The summed E-state index contributed by atoms with van der Waals surface area (Å²) in [5.74, 6) is 1.16. The van der Waals surface area contributed by atoms with Gasteiger partial charge in [-0.25, -0.2) is 8.42 Å². The Bertz CT molecular complexity index is 861. The van der Waals surface area contributed by atoms with Gasteiger partial charge >= 0.3 is 0 Å². The summed E-state index contributed by atoms with van der Waals surface area (Å²) in [5, 5.41) is 4.90. The first kappa shape index (κ1) is 19.9. The minimum absolute atomic E-state index is 0.0212. The topological polar surface area (TPSA) is 75.3 Å². The van der Waals surface area contributed by atoms with Crippen molar-refractivity contribution < 1.29 is 13.2 Å². The molecule has 5 nitrogen and oxygen atoms in total. The molecule has 0 spiro atoms. The summed E-state index contributed by atoms with van der Waals surface area (Å²) in [6, 6.07) is 10.5.